The van der Waals surface area contributed by atoms with Crippen molar-refractivity contribution < 1.29 is 0 Å². The second-order valence-electron chi connectivity index (χ2n) is 5.25. The molecule has 19 heavy (non-hydrogen) atoms. The van der Waals surface area contributed by atoms with Crippen molar-refractivity contribution in [1.82, 2.24) is 10.2 Å². The molecule has 0 aliphatic carbocycles. The number of aromatic nitrogens is 2. The summed E-state index contributed by atoms with van der Waals surface area (Å²) < 4.78 is 0. The minimum atomic E-state index is 0.488. The summed E-state index contributed by atoms with van der Waals surface area (Å²) in [4.78, 5) is 2.39. The lowest BCUT2D eigenvalue weighted by Gasteiger charge is -2.28. The van der Waals surface area contributed by atoms with Crippen LogP contribution in [0.1, 0.15) is 32.6 Å². The minimum absolute atomic E-state index is 0.488. The van der Waals surface area contributed by atoms with Gasteiger partial charge in [-0.15, -0.1) is 10.2 Å². The third-order valence-corrected chi connectivity index (χ3v) is 4.23. The number of benzene rings is 1. The molecule has 1 aliphatic heterocycles. The van der Waals surface area contributed by atoms with Gasteiger partial charge in [0.1, 0.15) is 0 Å². The zero-order chi connectivity index (χ0) is 13.2. The van der Waals surface area contributed by atoms with Gasteiger partial charge in [0, 0.05) is 23.4 Å². The van der Waals surface area contributed by atoms with E-state index in [-0.39, 0.29) is 0 Å². The van der Waals surface area contributed by atoms with Gasteiger partial charge in [0.2, 0.25) is 0 Å². The van der Waals surface area contributed by atoms with Crippen molar-refractivity contribution in [2.75, 3.05) is 11.4 Å². The molecule has 1 unspecified atom stereocenters. The maximum absolute atomic E-state index is 6.14. The van der Waals surface area contributed by atoms with Crippen molar-refractivity contribution in [3.63, 3.8) is 0 Å². The first-order valence-corrected chi connectivity index (χ1v) is 7.33. The molecule has 1 saturated heterocycles. The van der Waals surface area contributed by atoms with Crippen LogP contribution in [-0.4, -0.2) is 22.8 Å². The number of anilines is 1. The average Bonchev–Trinajstić information content (AvgIpc) is 2.65. The lowest BCUT2D eigenvalue weighted by molar-refractivity contribution is 0.610. The summed E-state index contributed by atoms with van der Waals surface area (Å²) in [6.07, 6.45) is 5.05. The van der Waals surface area contributed by atoms with E-state index in [1.54, 1.807) is 0 Å². The molecule has 2 heterocycles. The molecule has 0 amide bonds. The Kier molecular flexibility index (Phi) is 3.56. The number of hydrogen-bond acceptors (Lipinski definition) is 3. The molecule has 1 fully saturated rings. The lowest BCUT2D eigenvalue weighted by Crippen LogP contribution is -2.33. The van der Waals surface area contributed by atoms with Crippen LogP contribution >= 0.6 is 11.6 Å². The van der Waals surface area contributed by atoms with Crippen LogP contribution in [0.5, 0.6) is 0 Å². The third kappa shape index (κ3) is 2.39. The Bertz CT molecular complexity index is 585. The molecule has 1 aromatic carbocycles. The van der Waals surface area contributed by atoms with Crippen molar-refractivity contribution in [2.24, 2.45) is 0 Å². The van der Waals surface area contributed by atoms with Crippen molar-refractivity contribution >= 4 is 28.2 Å². The highest BCUT2D eigenvalue weighted by Gasteiger charge is 2.21. The smallest absolute Gasteiger partial charge is 0.159 e. The normalized spacial score (nSPS) is 20.5. The molecule has 1 aliphatic rings. The van der Waals surface area contributed by atoms with Gasteiger partial charge in [-0.05, 0) is 19.8 Å². The van der Waals surface area contributed by atoms with Gasteiger partial charge in [-0.2, -0.15) is 0 Å². The lowest BCUT2D eigenvalue weighted by atomic mass is 10.1. The van der Waals surface area contributed by atoms with Crippen LogP contribution in [0.2, 0.25) is 5.15 Å². The van der Waals surface area contributed by atoms with Gasteiger partial charge in [0.15, 0.2) is 11.0 Å². The summed E-state index contributed by atoms with van der Waals surface area (Å²) in [5.74, 6) is 0.981. The molecular formula is C15H18ClN3. The zero-order valence-corrected chi connectivity index (χ0v) is 11.9. The summed E-state index contributed by atoms with van der Waals surface area (Å²) >= 11 is 6.14. The summed E-state index contributed by atoms with van der Waals surface area (Å²) in [6, 6.07) is 8.64. The first-order valence-electron chi connectivity index (χ1n) is 6.95. The molecule has 100 valence electrons. The molecule has 0 radical (unpaired) electrons. The highest BCUT2D eigenvalue weighted by Crippen LogP contribution is 2.31. The number of halogens is 1. The first-order chi connectivity index (χ1) is 9.27. The number of rotatable bonds is 1. The summed E-state index contributed by atoms with van der Waals surface area (Å²) in [5.41, 5.74) is 0. The Morgan fingerprint density at radius 3 is 2.74 bits per heavy atom. The van der Waals surface area contributed by atoms with E-state index in [1.807, 2.05) is 18.2 Å². The van der Waals surface area contributed by atoms with E-state index in [9.17, 15) is 0 Å². The van der Waals surface area contributed by atoms with E-state index in [4.69, 9.17) is 11.6 Å². The topological polar surface area (TPSA) is 29.0 Å². The molecular weight excluding hydrogens is 258 g/mol. The molecule has 1 aromatic heterocycles. The summed E-state index contributed by atoms with van der Waals surface area (Å²) in [7, 11) is 0. The van der Waals surface area contributed by atoms with Crippen LogP contribution in [-0.2, 0) is 0 Å². The van der Waals surface area contributed by atoms with Crippen molar-refractivity contribution in [1.29, 1.82) is 0 Å². The molecule has 0 spiro atoms. The SMILES string of the molecule is CC1CCCCCN1c1nnc(Cl)c2ccccc12. The highest BCUT2D eigenvalue weighted by atomic mass is 35.5. The fraction of sp³-hybridized carbons (Fsp3) is 0.467. The van der Waals surface area contributed by atoms with Gasteiger partial charge in [-0.25, -0.2) is 0 Å². The van der Waals surface area contributed by atoms with E-state index in [2.05, 4.69) is 28.1 Å². The molecule has 3 nitrogen and oxygen atoms in total. The standard InChI is InChI=1S/C15H18ClN3/c1-11-7-3-2-6-10-19(11)15-13-9-5-4-8-12(13)14(16)17-18-15/h4-5,8-9,11H,2-3,6-7,10H2,1H3. The summed E-state index contributed by atoms with van der Waals surface area (Å²) in [6.45, 7) is 3.33. The Morgan fingerprint density at radius 2 is 1.89 bits per heavy atom. The third-order valence-electron chi connectivity index (χ3n) is 3.95. The predicted molar refractivity (Wildman–Crippen MR) is 79.8 cm³/mol. The Hall–Kier alpha value is -1.35. The maximum Gasteiger partial charge on any atom is 0.159 e. The van der Waals surface area contributed by atoms with Gasteiger partial charge in [-0.1, -0.05) is 48.7 Å². The first kappa shape index (κ1) is 12.7. The predicted octanol–water partition coefficient (Wildman–Crippen LogP) is 4.05. The summed E-state index contributed by atoms with van der Waals surface area (Å²) in [5, 5.41) is 11.1. The van der Waals surface area contributed by atoms with Gasteiger partial charge in [0.05, 0.1) is 0 Å². The molecule has 0 bridgehead atoms. The molecule has 1 atom stereocenters. The second-order valence-corrected chi connectivity index (χ2v) is 5.61. The zero-order valence-electron chi connectivity index (χ0n) is 11.1. The second kappa shape index (κ2) is 5.33. The van der Waals surface area contributed by atoms with Gasteiger partial charge < -0.3 is 4.90 Å². The van der Waals surface area contributed by atoms with Gasteiger partial charge >= 0.3 is 0 Å². The Morgan fingerprint density at radius 1 is 1.11 bits per heavy atom. The van der Waals surface area contributed by atoms with E-state index in [0.29, 0.717) is 11.2 Å². The van der Waals surface area contributed by atoms with Crippen molar-refractivity contribution in [3.8, 4) is 0 Å². The molecule has 2 aromatic rings. The molecule has 3 rings (SSSR count). The monoisotopic (exact) mass is 275 g/mol. The number of nitrogens with zero attached hydrogens (tertiary/aromatic N) is 3. The Balaban J connectivity index is 2.11. The van der Waals surface area contributed by atoms with Crippen LogP contribution in [0.25, 0.3) is 10.8 Å². The largest absolute Gasteiger partial charge is 0.352 e. The van der Waals surface area contributed by atoms with E-state index >= 15 is 0 Å². The van der Waals surface area contributed by atoms with Crippen molar-refractivity contribution in [3.05, 3.63) is 29.4 Å². The van der Waals surface area contributed by atoms with Gasteiger partial charge in [0.25, 0.3) is 0 Å². The quantitative estimate of drug-likeness (QED) is 0.786. The number of hydrogen-bond donors (Lipinski definition) is 0. The van der Waals surface area contributed by atoms with Gasteiger partial charge in [-0.3, -0.25) is 0 Å². The van der Waals surface area contributed by atoms with Crippen LogP contribution in [0, 0.1) is 0 Å². The maximum atomic E-state index is 6.14. The van der Waals surface area contributed by atoms with Crippen LogP contribution in [0.4, 0.5) is 5.82 Å². The highest BCUT2D eigenvalue weighted by molar-refractivity contribution is 6.34. The Labute approximate surface area is 118 Å². The average molecular weight is 276 g/mol. The minimum Gasteiger partial charge on any atom is -0.352 e. The number of fused-ring (bicyclic) bond motifs is 1. The van der Waals surface area contributed by atoms with Crippen molar-refractivity contribution in [2.45, 2.75) is 38.6 Å². The van der Waals surface area contributed by atoms with Crippen LogP contribution < -0.4 is 4.90 Å². The van der Waals surface area contributed by atoms with Crippen LogP contribution in [0.3, 0.4) is 0 Å². The van der Waals surface area contributed by atoms with E-state index < -0.39 is 0 Å². The fourth-order valence-corrected chi connectivity index (χ4v) is 3.06. The molecule has 0 saturated carbocycles. The van der Waals surface area contributed by atoms with Crippen LogP contribution in [0.15, 0.2) is 24.3 Å². The molecule has 0 N–H and O–H groups in total. The van der Waals surface area contributed by atoms with E-state index in [0.717, 1.165) is 23.1 Å². The molecule has 4 heteroatoms. The fourth-order valence-electron chi connectivity index (χ4n) is 2.86. The van der Waals surface area contributed by atoms with E-state index in [1.165, 1.54) is 25.7 Å².